The van der Waals surface area contributed by atoms with Crippen molar-refractivity contribution in [1.82, 2.24) is 4.90 Å². The van der Waals surface area contributed by atoms with Crippen LogP contribution >= 0.6 is 0 Å². The van der Waals surface area contributed by atoms with Crippen LogP contribution in [0.5, 0.6) is 5.75 Å². The van der Waals surface area contributed by atoms with Crippen LogP contribution in [0.15, 0.2) is 140 Å². The van der Waals surface area contributed by atoms with Gasteiger partial charge in [-0.3, -0.25) is 4.90 Å². The number of aromatic hydroxyl groups is 1. The molecular formula is C43H45N2OZr+. The summed E-state index contributed by atoms with van der Waals surface area (Å²) in [5.74, 6) is 0.378. The van der Waals surface area contributed by atoms with Gasteiger partial charge in [-0.1, -0.05) is 108 Å². The SMILES string of the molecule is Cc1cc(C)c([N-]CCN(Cc2ccccc2)Cc2ccc3ccccc3c2O)c(C)c1.[CH2-]c1ccccc1.[CH2-]c1ccccc1.[Zr+4]. The van der Waals surface area contributed by atoms with Crippen LogP contribution in [-0.4, -0.2) is 23.1 Å². The van der Waals surface area contributed by atoms with Crippen molar-refractivity contribution < 1.29 is 31.3 Å². The van der Waals surface area contributed by atoms with E-state index < -0.39 is 0 Å². The zero-order chi connectivity index (χ0) is 32.7. The summed E-state index contributed by atoms with van der Waals surface area (Å²) in [6.45, 7) is 16.8. The maximum absolute atomic E-state index is 10.9. The summed E-state index contributed by atoms with van der Waals surface area (Å²) in [5.41, 5.74) is 9.18. The molecule has 236 valence electrons. The zero-order valence-electron chi connectivity index (χ0n) is 27.9. The van der Waals surface area contributed by atoms with Crippen molar-refractivity contribution in [1.29, 1.82) is 0 Å². The van der Waals surface area contributed by atoms with E-state index in [-0.39, 0.29) is 26.2 Å². The van der Waals surface area contributed by atoms with Gasteiger partial charge in [0.15, 0.2) is 0 Å². The first-order valence-electron chi connectivity index (χ1n) is 15.8. The number of phenolic OH excluding ortho intramolecular Hbond substituents is 1. The Morgan fingerprint density at radius 3 is 1.66 bits per heavy atom. The summed E-state index contributed by atoms with van der Waals surface area (Å²) in [6.07, 6.45) is 0. The van der Waals surface area contributed by atoms with Crippen LogP contribution in [0.25, 0.3) is 16.1 Å². The van der Waals surface area contributed by atoms with Crippen LogP contribution in [0.2, 0.25) is 0 Å². The first kappa shape index (κ1) is 37.2. The molecule has 47 heavy (non-hydrogen) atoms. The molecule has 4 heteroatoms. The number of rotatable bonds is 8. The van der Waals surface area contributed by atoms with E-state index in [0.717, 1.165) is 46.2 Å². The molecule has 0 saturated heterocycles. The van der Waals surface area contributed by atoms with Gasteiger partial charge >= 0.3 is 26.2 Å². The molecule has 0 aliphatic rings. The molecule has 6 aromatic carbocycles. The van der Waals surface area contributed by atoms with Gasteiger partial charge in [-0.25, -0.2) is 0 Å². The molecular weight excluding hydrogens is 652 g/mol. The Balaban J connectivity index is 0.000000329. The number of hydrogen-bond acceptors (Lipinski definition) is 2. The fraction of sp³-hybridized carbons (Fsp3) is 0.163. The van der Waals surface area contributed by atoms with Crippen molar-refractivity contribution in [2.45, 2.75) is 33.9 Å². The van der Waals surface area contributed by atoms with Crippen LogP contribution < -0.4 is 0 Å². The normalized spacial score (nSPS) is 10.2. The van der Waals surface area contributed by atoms with Gasteiger partial charge < -0.3 is 10.4 Å². The number of hydrogen-bond donors (Lipinski definition) is 1. The van der Waals surface area contributed by atoms with Gasteiger partial charge in [-0.15, -0.1) is 36.5 Å². The molecule has 0 unspecified atom stereocenters. The molecule has 0 spiro atoms. The van der Waals surface area contributed by atoms with E-state index in [0.29, 0.717) is 18.8 Å². The van der Waals surface area contributed by atoms with E-state index in [4.69, 9.17) is 5.32 Å². The standard InChI is InChI=1S/C29H31N2O.2C7H7.Zr/c1-21-17-22(2)28(23(3)18-21)30-15-16-31(19-24-9-5-4-6-10-24)20-26-14-13-25-11-7-8-12-27(25)29(26)32;2*1-7-5-3-2-4-6-7;/h4-14,17-18,32H,15-16,19-20H2,1-3H3;2*2-6H,1H2;/q3*-1;+4. The Bertz CT molecular complexity index is 1710. The second kappa shape index (κ2) is 19.4. The average molecular weight is 697 g/mol. The van der Waals surface area contributed by atoms with Gasteiger partial charge in [-0.05, 0) is 38.3 Å². The van der Waals surface area contributed by atoms with E-state index in [1.54, 1.807) is 0 Å². The minimum atomic E-state index is 0. The maximum atomic E-state index is 10.9. The largest absolute Gasteiger partial charge is 4.00 e. The minimum Gasteiger partial charge on any atom is -0.683 e. The molecule has 0 fully saturated rings. The summed E-state index contributed by atoms with van der Waals surface area (Å²) < 4.78 is 0. The van der Waals surface area contributed by atoms with Crippen molar-refractivity contribution in [2.75, 3.05) is 13.1 Å². The molecule has 1 N–H and O–H groups in total. The van der Waals surface area contributed by atoms with E-state index in [2.05, 4.69) is 82.0 Å². The predicted molar refractivity (Wildman–Crippen MR) is 197 cm³/mol. The van der Waals surface area contributed by atoms with Crippen molar-refractivity contribution in [3.05, 3.63) is 198 Å². The third kappa shape index (κ3) is 12.1. The molecule has 0 aliphatic carbocycles. The molecule has 3 nitrogen and oxygen atoms in total. The zero-order valence-corrected chi connectivity index (χ0v) is 30.3. The topological polar surface area (TPSA) is 37.6 Å². The van der Waals surface area contributed by atoms with Gasteiger partial charge in [0, 0.05) is 24.0 Å². The van der Waals surface area contributed by atoms with Crippen LogP contribution in [0, 0.1) is 34.6 Å². The average Bonchev–Trinajstić information content (AvgIpc) is 3.05. The van der Waals surface area contributed by atoms with Gasteiger partial charge in [0.05, 0.1) is 0 Å². The Labute approximate surface area is 301 Å². The second-order valence-electron chi connectivity index (χ2n) is 11.6. The summed E-state index contributed by atoms with van der Waals surface area (Å²) in [4.78, 5) is 2.36. The van der Waals surface area contributed by atoms with Crippen LogP contribution in [0.3, 0.4) is 0 Å². The monoisotopic (exact) mass is 695 g/mol. The summed E-state index contributed by atoms with van der Waals surface area (Å²) in [7, 11) is 0. The fourth-order valence-electron chi connectivity index (χ4n) is 5.41. The first-order chi connectivity index (χ1) is 22.3. The first-order valence-corrected chi connectivity index (χ1v) is 15.8. The maximum Gasteiger partial charge on any atom is 4.00 e. The quantitative estimate of drug-likeness (QED) is 0.161. The Morgan fingerprint density at radius 1 is 0.617 bits per heavy atom. The number of benzene rings is 6. The number of nitrogens with zero attached hydrogens (tertiary/aromatic N) is 2. The Hall–Kier alpha value is -4.24. The van der Waals surface area contributed by atoms with Gasteiger partial charge in [0.2, 0.25) is 0 Å². The molecule has 0 atom stereocenters. The van der Waals surface area contributed by atoms with Crippen LogP contribution in [-0.2, 0) is 39.3 Å². The summed E-state index contributed by atoms with van der Waals surface area (Å²) in [5, 5.41) is 17.8. The molecule has 0 bridgehead atoms. The number of aryl methyl sites for hydroxylation is 3. The summed E-state index contributed by atoms with van der Waals surface area (Å²) in [6, 6.07) is 46.8. The van der Waals surface area contributed by atoms with E-state index >= 15 is 0 Å². The van der Waals surface area contributed by atoms with Crippen LogP contribution in [0.1, 0.15) is 38.9 Å². The van der Waals surface area contributed by atoms with Gasteiger partial charge in [0.25, 0.3) is 0 Å². The van der Waals surface area contributed by atoms with Crippen molar-refractivity contribution in [3.8, 4) is 5.75 Å². The molecule has 0 heterocycles. The van der Waals surface area contributed by atoms with E-state index in [9.17, 15) is 5.11 Å². The van der Waals surface area contributed by atoms with Gasteiger partial charge in [-0.2, -0.15) is 49.2 Å². The molecule has 6 rings (SSSR count). The van der Waals surface area contributed by atoms with Crippen molar-refractivity contribution in [2.24, 2.45) is 0 Å². The fourth-order valence-corrected chi connectivity index (χ4v) is 5.41. The van der Waals surface area contributed by atoms with Gasteiger partial charge in [0.1, 0.15) is 5.75 Å². The third-order valence-electron chi connectivity index (χ3n) is 7.63. The molecule has 0 aromatic heterocycles. The second-order valence-corrected chi connectivity index (χ2v) is 11.6. The molecule has 6 aromatic rings. The Kier molecular flexibility index (Phi) is 15.4. The summed E-state index contributed by atoms with van der Waals surface area (Å²) >= 11 is 0. The van der Waals surface area contributed by atoms with Crippen molar-refractivity contribution >= 4 is 16.5 Å². The molecule has 0 amide bonds. The number of fused-ring (bicyclic) bond motifs is 1. The Morgan fingerprint density at radius 2 is 1.13 bits per heavy atom. The van der Waals surface area contributed by atoms with Crippen LogP contribution in [0.4, 0.5) is 5.69 Å². The van der Waals surface area contributed by atoms with E-state index in [1.165, 1.54) is 22.3 Å². The molecule has 0 radical (unpaired) electrons. The smallest absolute Gasteiger partial charge is 0.683 e. The predicted octanol–water partition coefficient (Wildman–Crippen LogP) is 10.9. The third-order valence-corrected chi connectivity index (χ3v) is 7.63. The van der Waals surface area contributed by atoms with E-state index in [1.807, 2.05) is 97.1 Å². The molecule has 0 aliphatic heterocycles. The minimum absolute atomic E-state index is 0. The van der Waals surface area contributed by atoms with Crippen molar-refractivity contribution in [3.63, 3.8) is 0 Å². The molecule has 0 saturated carbocycles. The number of phenols is 1.